The molecule has 0 aromatic carbocycles. The Kier molecular flexibility index (Phi) is 4.03. The molecule has 0 spiro atoms. The summed E-state index contributed by atoms with van der Waals surface area (Å²) in [6.07, 6.45) is -1.74. The first-order valence-corrected chi connectivity index (χ1v) is 4.80. The number of rotatable bonds is 2. The van der Waals surface area contributed by atoms with E-state index in [1.165, 1.54) is 26.0 Å². The van der Waals surface area contributed by atoms with Crippen molar-refractivity contribution in [1.82, 2.24) is 0 Å². The van der Waals surface area contributed by atoms with Crippen molar-refractivity contribution in [2.45, 2.75) is 38.3 Å². The van der Waals surface area contributed by atoms with Gasteiger partial charge < -0.3 is 19.7 Å². The maximum Gasteiger partial charge on any atom is 0.303 e. The van der Waals surface area contributed by atoms with Crippen molar-refractivity contribution < 1.29 is 29.3 Å². The van der Waals surface area contributed by atoms with Gasteiger partial charge in [-0.15, -0.1) is 0 Å². The standard InChI is InChI=1S/C10H14O6/c1-5(11)15-8-4-3-7(13)9(14)10(8)16-6(2)12/h3-4,7-10,13-14H,1-2H3/t7-,8+,9+,10+/m0/s1. The van der Waals surface area contributed by atoms with Crippen LogP contribution in [0.4, 0.5) is 0 Å². The van der Waals surface area contributed by atoms with E-state index in [0.717, 1.165) is 0 Å². The van der Waals surface area contributed by atoms with Gasteiger partial charge >= 0.3 is 11.9 Å². The molecule has 0 saturated carbocycles. The molecule has 2 N–H and O–H groups in total. The van der Waals surface area contributed by atoms with E-state index >= 15 is 0 Å². The molecule has 16 heavy (non-hydrogen) atoms. The van der Waals surface area contributed by atoms with Crippen LogP contribution in [0, 0.1) is 0 Å². The summed E-state index contributed by atoms with van der Waals surface area (Å²) in [6.45, 7) is 2.37. The predicted molar refractivity (Wildman–Crippen MR) is 52.3 cm³/mol. The Bertz CT molecular complexity index is 310. The van der Waals surface area contributed by atoms with Crippen molar-refractivity contribution in [3.63, 3.8) is 0 Å². The Morgan fingerprint density at radius 1 is 1.06 bits per heavy atom. The monoisotopic (exact) mass is 230 g/mol. The van der Waals surface area contributed by atoms with E-state index in [1.807, 2.05) is 0 Å². The molecule has 1 aliphatic rings. The number of carbonyl (C=O) groups excluding carboxylic acids is 2. The highest BCUT2D eigenvalue weighted by Gasteiger charge is 2.38. The van der Waals surface area contributed by atoms with Gasteiger partial charge in [0.1, 0.15) is 12.2 Å². The third-order valence-corrected chi connectivity index (χ3v) is 2.11. The van der Waals surface area contributed by atoms with Gasteiger partial charge in [-0.25, -0.2) is 0 Å². The molecule has 0 saturated heterocycles. The molecule has 0 heterocycles. The third-order valence-electron chi connectivity index (χ3n) is 2.11. The number of carbonyl (C=O) groups is 2. The summed E-state index contributed by atoms with van der Waals surface area (Å²) >= 11 is 0. The van der Waals surface area contributed by atoms with Crippen LogP contribution in [-0.2, 0) is 19.1 Å². The highest BCUT2D eigenvalue weighted by Crippen LogP contribution is 2.19. The Morgan fingerprint density at radius 3 is 2.12 bits per heavy atom. The Hall–Kier alpha value is -1.40. The molecular weight excluding hydrogens is 216 g/mol. The van der Waals surface area contributed by atoms with Gasteiger partial charge in [0.15, 0.2) is 12.2 Å². The van der Waals surface area contributed by atoms with Gasteiger partial charge in [-0.1, -0.05) is 6.08 Å². The lowest BCUT2D eigenvalue weighted by Gasteiger charge is -2.32. The van der Waals surface area contributed by atoms with E-state index in [-0.39, 0.29) is 0 Å². The number of esters is 2. The smallest absolute Gasteiger partial charge is 0.303 e. The second-order valence-corrected chi connectivity index (χ2v) is 3.51. The quantitative estimate of drug-likeness (QED) is 0.473. The predicted octanol–water partition coefficient (Wildman–Crippen LogP) is -0.859. The fourth-order valence-corrected chi connectivity index (χ4v) is 1.46. The molecule has 6 nitrogen and oxygen atoms in total. The molecule has 90 valence electrons. The molecule has 4 atom stereocenters. The minimum Gasteiger partial charge on any atom is -0.455 e. The largest absolute Gasteiger partial charge is 0.455 e. The average molecular weight is 230 g/mol. The summed E-state index contributed by atoms with van der Waals surface area (Å²) in [7, 11) is 0. The number of hydrogen-bond acceptors (Lipinski definition) is 6. The van der Waals surface area contributed by atoms with Gasteiger partial charge in [0.2, 0.25) is 0 Å². The van der Waals surface area contributed by atoms with Crippen LogP contribution in [0.3, 0.4) is 0 Å². The molecular formula is C10H14O6. The van der Waals surface area contributed by atoms with Crippen molar-refractivity contribution in [3.05, 3.63) is 12.2 Å². The van der Waals surface area contributed by atoms with Crippen LogP contribution in [0.15, 0.2) is 12.2 Å². The first-order valence-electron chi connectivity index (χ1n) is 4.80. The minimum atomic E-state index is -1.31. The van der Waals surface area contributed by atoms with E-state index in [2.05, 4.69) is 0 Å². The van der Waals surface area contributed by atoms with E-state index in [9.17, 15) is 19.8 Å². The molecule has 0 amide bonds. The van der Waals surface area contributed by atoms with Crippen LogP contribution in [0.5, 0.6) is 0 Å². The number of aliphatic hydroxyl groups is 2. The van der Waals surface area contributed by atoms with Crippen molar-refractivity contribution in [2.75, 3.05) is 0 Å². The molecule has 1 aliphatic carbocycles. The molecule has 0 aliphatic heterocycles. The summed E-state index contributed by atoms with van der Waals surface area (Å²) in [5.41, 5.74) is 0. The van der Waals surface area contributed by atoms with Crippen LogP contribution in [0.25, 0.3) is 0 Å². The van der Waals surface area contributed by atoms with E-state index in [1.54, 1.807) is 0 Å². The zero-order valence-corrected chi connectivity index (χ0v) is 8.99. The first kappa shape index (κ1) is 12.7. The van der Waals surface area contributed by atoms with Crippen LogP contribution in [0.2, 0.25) is 0 Å². The Labute approximate surface area is 92.5 Å². The molecule has 0 radical (unpaired) electrons. The van der Waals surface area contributed by atoms with Crippen LogP contribution in [0.1, 0.15) is 13.8 Å². The maximum absolute atomic E-state index is 10.8. The highest BCUT2D eigenvalue weighted by atomic mass is 16.6. The Balaban J connectivity index is 2.81. The molecule has 6 heteroatoms. The number of aliphatic hydroxyl groups excluding tert-OH is 2. The van der Waals surface area contributed by atoms with Crippen LogP contribution in [-0.4, -0.2) is 46.6 Å². The van der Waals surface area contributed by atoms with Gasteiger partial charge in [0.05, 0.1) is 0 Å². The second kappa shape index (κ2) is 5.09. The van der Waals surface area contributed by atoms with E-state index in [4.69, 9.17) is 9.47 Å². The minimum absolute atomic E-state index is 0.560. The lowest BCUT2D eigenvalue weighted by atomic mass is 9.96. The normalized spacial score (nSPS) is 33.2. The molecule has 0 aromatic heterocycles. The SMILES string of the molecule is CC(=O)O[C@H]1[C@H](O)[C@@H](O)C=C[C@H]1OC(C)=O. The van der Waals surface area contributed by atoms with Crippen LogP contribution >= 0.6 is 0 Å². The highest BCUT2D eigenvalue weighted by molar-refractivity contribution is 5.67. The molecule has 0 fully saturated rings. The lowest BCUT2D eigenvalue weighted by Crippen LogP contribution is -2.49. The van der Waals surface area contributed by atoms with Crippen molar-refractivity contribution in [1.29, 1.82) is 0 Å². The maximum atomic E-state index is 10.8. The summed E-state index contributed by atoms with van der Waals surface area (Å²) < 4.78 is 9.66. The molecule has 0 bridgehead atoms. The van der Waals surface area contributed by atoms with Crippen molar-refractivity contribution in [3.8, 4) is 0 Å². The van der Waals surface area contributed by atoms with Gasteiger partial charge in [0.25, 0.3) is 0 Å². The fourth-order valence-electron chi connectivity index (χ4n) is 1.46. The van der Waals surface area contributed by atoms with Gasteiger partial charge in [-0.05, 0) is 6.08 Å². The summed E-state index contributed by atoms with van der Waals surface area (Å²) in [5.74, 6) is -1.18. The van der Waals surface area contributed by atoms with Gasteiger partial charge in [-0.3, -0.25) is 9.59 Å². The number of hydrogen-bond donors (Lipinski definition) is 2. The van der Waals surface area contributed by atoms with E-state index < -0.39 is 36.4 Å². The van der Waals surface area contributed by atoms with Crippen molar-refractivity contribution in [2.24, 2.45) is 0 Å². The summed E-state index contributed by atoms with van der Waals surface area (Å²) in [6, 6.07) is 0. The number of ether oxygens (including phenoxy) is 2. The van der Waals surface area contributed by atoms with Crippen molar-refractivity contribution >= 4 is 11.9 Å². The summed E-state index contributed by atoms with van der Waals surface area (Å²) in [5, 5.41) is 18.9. The lowest BCUT2D eigenvalue weighted by molar-refractivity contribution is -0.176. The van der Waals surface area contributed by atoms with E-state index in [0.29, 0.717) is 0 Å². The first-order chi connectivity index (χ1) is 7.41. The topological polar surface area (TPSA) is 93.1 Å². The zero-order valence-electron chi connectivity index (χ0n) is 8.99. The third kappa shape index (κ3) is 3.04. The molecule has 1 rings (SSSR count). The second-order valence-electron chi connectivity index (χ2n) is 3.51. The van der Waals surface area contributed by atoms with Gasteiger partial charge in [-0.2, -0.15) is 0 Å². The van der Waals surface area contributed by atoms with Gasteiger partial charge in [0, 0.05) is 13.8 Å². The van der Waals surface area contributed by atoms with Crippen LogP contribution < -0.4 is 0 Å². The Morgan fingerprint density at radius 2 is 1.62 bits per heavy atom. The fraction of sp³-hybridized carbons (Fsp3) is 0.600. The molecule has 0 aromatic rings. The summed E-state index contributed by atoms with van der Waals surface area (Å²) in [4.78, 5) is 21.6. The average Bonchev–Trinajstić information content (AvgIpc) is 2.16. The zero-order chi connectivity index (χ0) is 12.3. The molecule has 0 unspecified atom stereocenters.